The molecule has 76 valence electrons. The number of benzene rings is 1. The van der Waals surface area contributed by atoms with Gasteiger partial charge in [-0.3, -0.25) is 4.79 Å². The molecule has 0 fully saturated rings. The maximum Gasteiger partial charge on any atom is 0.312 e. The quantitative estimate of drug-likeness (QED) is 0.690. The van der Waals surface area contributed by atoms with Crippen LogP contribution in [0.3, 0.4) is 0 Å². The molecule has 0 bridgehead atoms. The zero-order valence-electron chi connectivity index (χ0n) is 8.61. The SMILES string of the molecule is COC(=O)[C@H](C)c1ccc(OC)cc1. The molecule has 3 heteroatoms. The molecule has 0 amide bonds. The van der Waals surface area contributed by atoms with E-state index in [-0.39, 0.29) is 11.9 Å². The van der Waals surface area contributed by atoms with Crippen molar-refractivity contribution in [2.75, 3.05) is 14.2 Å². The highest BCUT2D eigenvalue weighted by molar-refractivity contribution is 5.77. The summed E-state index contributed by atoms with van der Waals surface area (Å²) in [6.07, 6.45) is 0. The maximum atomic E-state index is 11.2. The van der Waals surface area contributed by atoms with Gasteiger partial charge in [0.15, 0.2) is 0 Å². The van der Waals surface area contributed by atoms with E-state index in [1.165, 1.54) is 7.11 Å². The van der Waals surface area contributed by atoms with E-state index < -0.39 is 0 Å². The van der Waals surface area contributed by atoms with Crippen molar-refractivity contribution in [2.45, 2.75) is 12.8 Å². The monoisotopic (exact) mass is 194 g/mol. The van der Waals surface area contributed by atoms with E-state index in [4.69, 9.17) is 4.74 Å². The second-order valence-electron chi connectivity index (χ2n) is 3.02. The molecule has 1 atom stereocenters. The zero-order chi connectivity index (χ0) is 10.6. The van der Waals surface area contributed by atoms with Crippen LogP contribution in [0.1, 0.15) is 18.4 Å². The number of esters is 1. The van der Waals surface area contributed by atoms with Crippen LogP contribution in [0.5, 0.6) is 5.75 Å². The first kappa shape index (κ1) is 10.6. The minimum absolute atomic E-state index is 0.227. The van der Waals surface area contributed by atoms with Gasteiger partial charge in [0.1, 0.15) is 5.75 Å². The van der Waals surface area contributed by atoms with Gasteiger partial charge < -0.3 is 9.47 Å². The van der Waals surface area contributed by atoms with Crippen LogP contribution in [0.4, 0.5) is 0 Å². The Hall–Kier alpha value is -1.51. The van der Waals surface area contributed by atoms with Gasteiger partial charge in [0.25, 0.3) is 0 Å². The Balaban J connectivity index is 2.81. The number of carbonyl (C=O) groups is 1. The van der Waals surface area contributed by atoms with Crippen LogP contribution in [-0.2, 0) is 9.53 Å². The first-order chi connectivity index (χ1) is 6.69. The van der Waals surface area contributed by atoms with E-state index in [2.05, 4.69) is 4.74 Å². The summed E-state index contributed by atoms with van der Waals surface area (Å²) in [5, 5.41) is 0. The average Bonchev–Trinajstić information content (AvgIpc) is 2.27. The molecule has 3 nitrogen and oxygen atoms in total. The van der Waals surface area contributed by atoms with Gasteiger partial charge in [-0.2, -0.15) is 0 Å². The highest BCUT2D eigenvalue weighted by Gasteiger charge is 2.14. The first-order valence-electron chi connectivity index (χ1n) is 4.40. The second kappa shape index (κ2) is 4.65. The highest BCUT2D eigenvalue weighted by Crippen LogP contribution is 2.19. The molecule has 0 saturated carbocycles. The Morgan fingerprint density at radius 3 is 2.21 bits per heavy atom. The summed E-state index contributed by atoms with van der Waals surface area (Å²) in [5.41, 5.74) is 0.928. The van der Waals surface area contributed by atoms with E-state index in [1.807, 2.05) is 31.2 Å². The first-order valence-corrected chi connectivity index (χ1v) is 4.40. The van der Waals surface area contributed by atoms with E-state index in [0.717, 1.165) is 11.3 Å². The van der Waals surface area contributed by atoms with Gasteiger partial charge in [0, 0.05) is 0 Å². The highest BCUT2D eigenvalue weighted by atomic mass is 16.5. The van der Waals surface area contributed by atoms with E-state index in [9.17, 15) is 4.79 Å². The lowest BCUT2D eigenvalue weighted by Crippen LogP contribution is -2.10. The molecular weight excluding hydrogens is 180 g/mol. The topological polar surface area (TPSA) is 35.5 Å². The summed E-state index contributed by atoms with van der Waals surface area (Å²) in [6.45, 7) is 1.81. The molecule has 1 aromatic carbocycles. The molecule has 0 aliphatic carbocycles. The summed E-state index contributed by atoms with van der Waals surface area (Å²) < 4.78 is 9.67. The van der Waals surface area contributed by atoms with Crippen LogP contribution in [0, 0.1) is 0 Å². The lowest BCUT2D eigenvalue weighted by atomic mass is 10.0. The van der Waals surface area contributed by atoms with Crippen LogP contribution in [0.15, 0.2) is 24.3 Å². The lowest BCUT2D eigenvalue weighted by Gasteiger charge is -2.09. The van der Waals surface area contributed by atoms with Crippen molar-refractivity contribution in [3.63, 3.8) is 0 Å². The molecule has 0 heterocycles. The molecule has 0 aromatic heterocycles. The molecular formula is C11H14O3. The van der Waals surface area contributed by atoms with Gasteiger partial charge in [0.05, 0.1) is 20.1 Å². The maximum absolute atomic E-state index is 11.2. The van der Waals surface area contributed by atoms with Crippen molar-refractivity contribution >= 4 is 5.97 Å². The van der Waals surface area contributed by atoms with Crippen molar-refractivity contribution in [1.82, 2.24) is 0 Å². The Morgan fingerprint density at radius 2 is 1.79 bits per heavy atom. The van der Waals surface area contributed by atoms with Crippen molar-refractivity contribution in [3.05, 3.63) is 29.8 Å². The third-order valence-electron chi connectivity index (χ3n) is 2.17. The molecule has 0 aliphatic rings. The average molecular weight is 194 g/mol. The Kier molecular flexibility index (Phi) is 3.51. The third-order valence-corrected chi connectivity index (χ3v) is 2.17. The van der Waals surface area contributed by atoms with Crippen LogP contribution in [0.2, 0.25) is 0 Å². The third kappa shape index (κ3) is 2.25. The number of rotatable bonds is 3. The summed E-state index contributed by atoms with van der Waals surface area (Å²) in [4.78, 5) is 11.2. The Bertz CT molecular complexity index is 303. The molecule has 1 rings (SSSR count). The summed E-state index contributed by atoms with van der Waals surface area (Å²) in [5.74, 6) is 0.326. The molecule has 0 spiro atoms. The van der Waals surface area contributed by atoms with Crippen molar-refractivity contribution < 1.29 is 14.3 Å². The van der Waals surface area contributed by atoms with Gasteiger partial charge in [0.2, 0.25) is 0 Å². The minimum atomic E-state index is -0.231. The molecule has 0 unspecified atom stereocenters. The Labute approximate surface area is 83.6 Å². The minimum Gasteiger partial charge on any atom is -0.497 e. The second-order valence-corrected chi connectivity index (χ2v) is 3.02. The zero-order valence-corrected chi connectivity index (χ0v) is 8.61. The van der Waals surface area contributed by atoms with Gasteiger partial charge in [-0.05, 0) is 24.6 Å². The van der Waals surface area contributed by atoms with Gasteiger partial charge >= 0.3 is 5.97 Å². The smallest absolute Gasteiger partial charge is 0.312 e. The summed E-state index contributed by atoms with van der Waals surface area (Å²) >= 11 is 0. The van der Waals surface area contributed by atoms with Gasteiger partial charge in [-0.15, -0.1) is 0 Å². The molecule has 1 aromatic rings. The van der Waals surface area contributed by atoms with Crippen LogP contribution >= 0.6 is 0 Å². The fraction of sp³-hybridized carbons (Fsp3) is 0.364. The fourth-order valence-electron chi connectivity index (χ4n) is 1.21. The number of hydrogen-bond acceptors (Lipinski definition) is 3. The molecule has 14 heavy (non-hydrogen) atoms. The van der Waals surface area contributed by atoms with E-state index >= 15 is 0 Å². The summed E-state index contributed by atoms with van der Waals surface area (Å²) in [7, 11) is 3.00. The molecule has 0 saturated heterocycles. The van der Waals surface area contributed by atoms with E-state index in [0.29, 0.717) is 0 Å². The number of ether oxygens (including phenoxy) is 2. The van der Waals surface area contributed by atoms with Crippen molar-refractivity contribution in [2.24, 2.45) is 0 Å². The van der Waals surface area contributed by atoms with E-state index in [1.54, 1.807) is 7.11 Å². The van der Waals surface area contributed by atoms with Gasteiger partial charge in [-0.25, -0.2) is 0 Å². The standard InChI is InChI=1S/C11H14O3/c1-8(11(12)14-3)9-4-6-10(13-2)7-5-9/h4-8H,1-3H3/t8-/m1/s1. The fourth-order valence-corrected chi connectivity index (χ4v) is 1.21. The van der Waals surface area contributed by atoms with Gasteiger partial charge in [-0.1, -0.05) is 12.1 Å². The molecule has 0 N–H and O–H groups in total. The predicted molar refractivity (Wildman–Crippen MR) is 53.4 cm³/mol. The van der Waals surface area contributed by atoms with Crippen molar-refractivity contribution in [1.29, 1.82) is 0 Å². The van der Waals surface area contributed by atoms with Crippen LogP contribution in [0.25, 0.3) is 0 Å². The predicted octanol–water partition coefficient (Wildman–Crippen LogP) is 1.97. The molecule has 0 radical (unpaired) electrons. The largest absolute Gasteiger partial charge is 0.497 e. The van der Waals surface area contributed by atoms with Crippen LogP contribution < -0.4 is 4.74 Å². The number of carbonyl (C=O) groups excluding carboxylic acids is 1. The van der Waals surface area contributed by atoms with Crippen LogP contribution in [-0.4, -0.2) is 20.2 Å². The normalized spacial score (nSPS) is 11.9. The lowest BCUT2D eigenvalue weighted by molar-refractivity contribution is -0.141. The van der Waals surface area contributed by atoms with Crippen molar-refractivity contribution in [3.8, 4) is 5.75 Å². The number of hydrogen-bond donors (Lipinski definition) is 0. The number of methoxy groups -OCH3 is 2. The Morgan fingerprint density at radius 1 is 1.21 bits per heavy atom. The molecule has 0 aliphatic heterocycles. The summed E-state index contributed by atoms with van der Waals surface area (Å²) in [6, 6.07) is 7.38.